The maximum absolute atomic E-state index is 13.1. The molecule has 0 bridgehead atoms. The Kier molecular flexibility index (Phi) is 3.07. The first kappa shape index (κ1) is 9.93. The van der Waals surface area contributed by atoms with E-state index in [-0.39, 0.29) is 12.0 Å². The van der Waals surface area contributed by atoms with Crippen LogP contribution >= 0.6 is 0 Å². The third-order valence-electron chi connectivity index (χ3n) is 2.78. The van der Waals surface area contributed by atoms with Crippen LogP contribution in [0.1, 0.15) is 27.2 Å². The molecule has 5 atom stereocenters. The van der Waals surface area contributed by atoms with Gasteiger partial charge in [-0.15, -0.1) is 0 Å². The van der Waals surface area contributed by atoms with E-state index in [0.717, 1.165) is 6.42 Å². The SMILES string of the molecule is CCC1OC(F)C(C)C(O)C1C. The van der Waals surface area contributed by atoms with E-state index in [4.69, 9.17) is 4.74 Å². The molecule has 0 aliphatic carbocycles. The average Bonchev–Trinajstić information content (AvgIpc) is 2.08. The van der Waals surface area contributed by atoms with Gasteiger partial charge in [-0.2, -0.15) is 0 Å². The molecule has 0 aromatic carbocycles. The topological polar surface area (TPSA) is 29.5 Å². The Bertz CT molecular complexity index is 147. The van der Waals surface area contributed by atoms with Crippen molar-refractivity contribution in [1.82, 2.24) is 0 Å². The first-order valence-corrected chi connectivity index (χ1v) is 4.55. The lowest BCUT2D eigenvalue weighted by molar-refractivity contribution is -0.209. The molecule has 3 heteroatoms. The van der Waals surface area contributed by atoms with Crippen molar-refractivity contribution in [2.24, 2.45) is 11.8 Å². The molecule has 1 fully saturated rings. The summed E-state index contributed by atoms with van der Waals surface area (Å²) in [7, 11) is 0. The average molecular weight is 176 g/mol. The molecule has 2 nitrogen and oxygen atoms in total. The predicted octanol–water partition coefficient (Wildman–Crippen LogP) is 1.72. The van der Waals surface area contributed by atoms with Gasteiger partial charge in [0.2, 0.25) is 6.36 Å². The van der Waals surface area contributed by atoms with E-state index in [2.05, 4.69) is 0 Å². The third-order valence-corrected chi connectivity index (χ3v) is 2.78. The second kappa shape index (κ2) is 3.71. The van der Waals surface area contributed by atoms with Crippen LogP contribution in [0.3, 0.4) is 0 Å². The highest BCUT2D eigenvalue weighted by molar-refractivity contribution is 4.83. The molecule has 12 heavy (non-hydrogen) atoms. The van der Waals surface area contributed by atoms with Gasteiger partial charge < -0.3 is 9.84 Å². The van der Waals surface area contributed by atoms with Gasteiger partial charge in [0.05, 0.1) is 12.2 Å². The summed E-state index contributed by atoms with van der Waals surface area (Å²) >= 11 is 0. The highest BCUT2D eigenvalue weighted by Gasteiger charge is 2.39. The molecule has 72 valence electrons. The molecule has 1 heterocycles. The number of rotatable bonds is 1. The van der Waals surface area contributed by atoms with Crippen molar-refractivity contribution in [3.8, 4) is 0 Å². The van der Waals surface area contributed by atoms with Crippen molar-refractivity contribution >= 4 is 0 Å². The second-order valence-corrected chi connectivity index (χ2v) is 3.64. The molecule has 1 N–H and O–H groups in total. The lowest BCUT2D eigenvalue weighted by Gasteiger charge is -2.39. The summed E-state index contributed by atoms with van der Waals surface area (Å²) in [6.07, 6.45) is -1.25. The van der Waals surface area contributed by atoms with E-state index in [1.165, 1.54) is 0 Å². The largest absolute Gasteiger partial charge is 0.392 e. The van der Waals surface area contributed by atoms with Crippen LogP contribution in [0.5, 0.6) is 0 Å². The Morgan fingerprint density at radius 1 is 1.33 bits per heavy atom. The fraction of sp³-hybridized carbons (Fsp3) is 1.00. The van der Waals surface area contributed by atoms with Gasteiger partial charge in [0.25, 0.3) is 0 Å². The van der Waals surface area contributed by atoms with Gasteiger partial charge in [-0.1, -0.05) is 20.8 Å². The molecule has 0 saturated carbocycles. The van der Waals surface area contributed by atoms with Gasteiger partial charge >= 0.3 is 0 Å². The van der Waals surface area contributed by atoms with Crippen molar-refractivity contribution in [2.45, 2.75) is 45.8 Å². The number of ether oxygens (including phenoxy) is 1. The van der Waals surface area contributed by atoms with Gasteiger partial charge in [-0.25, -0.2) is 4.39 Å². The zero-order valence-electron chi connectivity index (χ0n) is 7.83. The first-order valence-electron chi connectivity index (χ1n) is 4.55. The first-order chi connectivity index (χ1) is 5.57. The quantitative estimate of drug-likeness (QED) is 0.659. The van der Waals surface area contributed by atoms with Crippen LogP contribution in [0.25, 0.3) is 0 Å². The Labute approximate surface area is 72.7 Å². The third kappa shape index (κ3) is 1.62. The molecular weight excluding hydrogens is 159 g/mol. The summed E-state index contributed by atoms with van der Waals surface area (Å²) in [6, 6.07) is 0. The second-order valence-electron chi connectivity index (χ2n) is 3.64. The summed E-state index contributed by atoms with van der Waals surface area (Å²) in [6.45, 7) is 5.52. The zero-order valence-corrected chi connectivity index (χ0v) is 7.83. The zero-order chi connectivity index (χ0) is 9.30. The van der Waals surface area contributed by atoms with E-state index in [0.29, 0.717) is 0 Å². The molecule has 1 aliphatic heterocycles. The highest BCUT2D eigenvalue weighted by Crippen LogP contribution is 2.31. The van der Waals surface area contributed by atoms with E-state index >= 15 is 0 Å². The molecule has 0 aromatic heterocycles. The smallest absolute Gasteiger partial charge is 0.204 e. The van der Waals surface area contributed by atoms with E-state index in [1.54, 1.807) is 6.92 Å². The summed E-state index contributed by atoms with van der Waals surface area (Å²) in [5.74, 6) is -0.361. The van der Waals surface area contributed by atoms with Crippen molar-refractivity contribution in [2.75, 3.05) is 0 Å². The molecule has 1 saturated heterocycles. The molecule has 1 rings (SSSR count). The predicted molar refractivity (Wildman–Crippen MR) is 44.4 cm³/mol. The maximum atomic E-state index is 13.1. The van der Waals surface area contributed by atoms with Crippen LogP contribution in [0.4, 0.5) is 4.39 Å². The van der Waals surface area contributed by atoms with Gasteiger partial charge in [0, 0.05) is 11.8 Å². The number of halogens is 1. The van der Waals surface area contributed by atoms with Gasteiger partial charge in [0.15, 0.2) is 0 Å². The van der Waals surface area contributed by atoms with Crippen molar-refractivity contribution in [1.29, 1.82) is 0 Å². The molecule has 0 aromatic rings. The van der Waals surface area contributed by atoms with Crippen LogP contribution in [-0.2, 0) is 4.74 Å². The van der Waals surface area contributed by atoms with Crippen LogP contribution in [0.2, 0.25) is 0 Å². The molecule has 1 aliphatic rings. The van der Waals surface area contributed by atoms with E-state index in [9.17, 15) is 9.50 Å². The minimum absolute atomic E-state index is 0.0389. The highest BCUT2D eigenvalue weighted by atomic mass is 19.1. The van der Waals surface area contributed by atoms with E-state index in [1.807, 2.05) is 13.8 Å². The number of hydrogen-bond acceptors (Lipinski definition) is 2. The Morgan fingerprint density at radius 3 is 2.42 bits per heavy atom. The molecular formula is C9H17FO2. The fourth-order valence-corrected chi connectivity index (χ4v) is 1.74. The molecule has 0 amide bonds. The monoisotopic (exact) mass is 176 g/mol. The van der Waals surface area contributed by atoms with Gasteiger partial charge in [-0.3, -0.25) is 0 Å². The minimum atomic E-state index is -1.30. The molecule has 0 radical (unpaired) electrons. The number of hydrogen-bond donors (Lipinski definition) is 1. The summed E-state index contributed by atoms with van der Waals surface area (Å²) in [5, 5.41) is 9.60. The number of aliphatic hydroxyl groups excluding tert-OH is 1. The molecule has 0 spiro atoms. The summed E-state index contributed by atoms with van der Waals surface area (Å²) in [5.41, 5.74) is 0. The van der Waals surface area contributed by atoms with Crippen LogP contribution in [0.15, 0.2) is 0 Å². The Morgan fingerprint density at radius 2 is 1.92 bits per heavy atom. The van der Waals surface area contributed by atoms with Crippen LogP contribution in [0, 0.1) is 11.8 Å². The number of alkyl halides is 1. The van der Waals surface area contributed by atoms with Gasteiger partial charge in [0.1, 0.15) is 0 Å². The summed E-state index contributed by atoms with van der Waals surface area (Å²) in [4.78, 5) is 0. The Balaban J connectivity index is 2.63. The lowest BCUT2D eigenvalue weighted by atomic mass is 9.85. The normalized spacial score (nSPS) is 49.2. The number of aliphatic hydroxyl groups is 1. The minimum Gasteiger partial charge on any atom is -0.392 e. The van der Waals surface area contributed by atoms with Gasteiger partial charge in [-0.05, 0) is 6.42 Å². The summed E-state index contributed by atoms with van der Waals surface area (Å²) < 4.78 is 18.2. The van der Waals surface area contributed by atoms with Crippen LogP contribution in [-0.4, -0.2) is 23.7 Å². The van der Waals surface area contributed by atoms with Crippen LogP contribution < -0.4 is 0 Å². The fourth-order valence-electron chi connectivity index (χ4n) is 1.74. The maximum Gasteiger partial charge on any atom is 0.204 e. The van der Waals surface area contributed by atoms with Crippen molar-refractivity contribution < 1.29 is 14.2 Å². The van der Waals surface area contributed by atoms with Crippen molar-refractivity contribution in [3.05, 3.63) is 0 Å². The standard InChI is InChI=1S/C9H17FO2/c1-4-7-5(2)8(11)6(3)9(10)12-7/h5-9,11H,4H2,1-3H3. The van der Waals surface area contributed by atoms with E-state index < -0.39 is 18.4 Å². The Hall–Kier alpha value is -0.150. The molecule has 5 unspecified atom stereocenters. The lowest BCUT2D eigenvalue weighted by Crippen LogP contribution is -2.46. The van der Waals surface area contributed by atoms with Crippen molar-refractivity contribution in [3.63, 3.8) is 0 Å².